The number of primary amides is 1. The fraction of sp³-hybridized carbons (Fsp3) is 0.100. The monoisotopic (exact) mass is 217 g/mol. The van der Waals surface area contributed by atoms with Crippen molar-refractivity contribution >= 4 is 17.5 Å². The van der Waals surface area contributed by atoms with Crippen molar-refractivity contribution in [1.29, 1.82) is 0 Å². The van der Waals surface area contributed by atoms with Crippen molar-refractivity contribution in [2.75, 3.05) is 5.32 Å². The SMILES string of the molecule is Cn1cnc(Nc2cccc(C(N)=O)c2)n1. The maximum atomic E-state index is 11.0. The van der Waals surface area contributed by atoms with Crippen LogP contribution in [0.15, 0.2) is 30.6 Å². The number of carbonyl (C=O) groups excluding carboxylic acids is 1. The Balaban J connectivity index is 2.21. The molecule has 0 saturated carbocycles. The summed E-state index contributed by atoms with van der Waals surface area (Å²) in [5, 5.41) is 7.03. The first-order valence-corrected chi connectivity index (χ1v) is 4.67. The second-order valence-corrected chi connectivity index (χ2v) is 3.31. The van der Waals surface area contributed by atoms with Crippen molar-refractivity contribution in [3.05, 3.63) is 36.2 Å². The van der Waals surface area contributed by atoms with E-state index in [2.05, 4.69) is 15.4 Å². The fourth-order valence-corrected chi connectivity index (χ4v) is 1.28. The Hall–Kier alpha value is -2.37. The van der Waals surface area contributed by atoms with Crippen LogP contribution in [0.3, 0.4) is 0 Å². The Morgan fingerprint density at radius 2 is 2.31 bits per heavy atom. The maximum absolute atomic E-state index is 11.0. The van der Waals surface area contributed by atoms with E-state index in [4.69, 9.17) is 5.73 Å². The first-order chi connectivity index (χ1) is 7.65. The number of hydrogen-bond donors (Lipinski definition) is 2. The Morgan fingerprint density at radius 3 is 2.94 bits per heavy atom. The number of amides is 1. The Kier molecular flexibility index (Phi) is 2.55. The average Bonchev–Trinajstić information content (AvgIpc) is 2.64. The minimum atomic E-state index is -0.461. The lowest BCUT2D eigenvalue weighted by molar-refractivity contribution is 0.100. The van der Waals surface area contributed by atoms with Crippen LogP contribution < -0.4 is 11.1 Å². The van der Waals surface area contributed by atoms with Crippen LogP contribution in [0.25, 0.3) is 0 Å². The first kappa shape index (κ1) is 10.2. The van der Waals surface area contributed by atoms with Gasteiger partial charge in [0.15, 0.2) is 0 Å². The normalized spacial score (nSPS) is 10.1. The largest absolute Gasteiger partial charge is 0.366 e. The van der Waals surface area contributed by atoms with Crippen molar-refractivity contribution in [3.8, 4) is 0 Å². The number of aromatic nitrogens is 3. The van der Waals surface area contributed by atoms with Gasteiger partial charge in [-0.15, -0.1) is 5.10 Å². The summed E-state index contributed by atoms with van der Waals surface area (Å²) in [6.07, 6.45) is 1.58. The van der Waals surface area contributed by atoms with Gasteiger partial charge >= 0.3 is 0 Å². The molecule has 0 saturated heterocycles. The molecular formula is C10H11N5O. The molecule has 6 heteroatoms. The van der Waals surface area contributed by atoms with Gasteiger partial charge in [-0.3, -0.25) is 9.48 Å². The number of carbonyl (C=O) groups is 1. The molecule has 3 N–H and O–H groups in total. The number of rotatable bonds is 3. The summed E-state index contributed by atoms with van der Waals surface area (Å²) in [6, 6.07) is 6.85. The molecule has 1 heterocycles. The molecular weight excluding hydrogens is 206 g/mol. The molecule has 6 nitrogen and oxygen atoms in total. The Labute approximate surface area is 92.1 Å². The highest BCUT2D eigenvalue weighted by atomic mass is 16.1. The minimum absolute atomic E-state index is 0.445. The van der Waals surface area contributed by atoms with Crippen LogP contribution in [-0.4, -0.2) is 20.7 Å². The lowest BCUT2D eigenvalue weighted by Crippen LogP contribution is -2.10. The zero-order valence-electron chi connectivity index (χ0n) is 8.71. The van der Waals surface area contributed by atoms with Gasteiger partial charge in [-0.1, -0.05) is 6.07 Å². The number of nitrogens with zero attached hydrogens (tertiary/aromatic N) is 3. The Bertz CT molecular complexity index is 519. The highest BCUT2D eigenvalue weighted by Gasteiger charge is 2.03. The summed E-state index contributed by atoms with van der Waals surface area (Å²) < 4.78 is 1.58. The van der Waals surface area contributed by atoms with Crippen molar-refractivity contribution in [2.24, 2.45) is 12.8 Å². The third kappa shape index (κ3) is 2.17. The van der Waals surface area contributed by atoms with Gasteiger partial charge in [0, 0.05) is 18.3 Å². The van der Waals surface area contributed by atoms with E-state index in [-0.39, 0.29) is 0 Å². The molecule has 0 radical (unpaired) electrons. The van der Waals surface area contributed by atoms with Gasteiger partial charge in [-0.2, -0.15) is 0 Å². The van der Waals surface area contributed by atoms with E-state index in [1.807, 2.05) is 6.07 Å². The topological polar surface area (TPSA) is 85.8 Å². The van der Waals surface area contributed by atoms with E-state index in [9.17, 15) is 4.79 Å². The van der Waals surface area contributed by atoms with Gasteiger partial charge in [-0.05, 0) is 18.2 Å². The number of aryl methyl sites for hydroxylation is 1. The molecule has 0 aliphatic carbocycles. The van der Waals surface area contributed by atoms with Crippen molar-refractivity contribution in [1.82, 2.24) is 14.8 Å². The zero-order valence-corrected chi connectivity index (χ0v) is 8.71. The van der Waals surface area contributed by atoms with E-state index >= 15 is 0 Å². The molecule has 1 amide bonds. The predicted molar refractivity (Wildman–Crippen MR) is 59.2 cm³/mol. The molecule has 1 aromatic carbocycles. The zero-order chi connectivity index (χ0) is 11.5. The molecule has 0 fully saturated rings. The molecule has 0 aliphatic rings. The maximum Gasteiger partial charge on any atom is 0.248 e. The summed E-state index contributed by atoms with van der Waals surface area (Å²) in [6.45, 7) is 0. The van der Waals surface area contributed by atoms with Crippen molar-refractivity contribution in [3.63, 3.8) is 0 Å². The van der Waals surface area contributed by atoms with Crippen LogP contribution in [0.1, 0.15) is 10.4 Å². The van der Waals surface area contributed by atoms with E-state index in [0.717, 1.165) is 5.69 Å². The van der Waals surface area contributed by atoms with Crippen LogP contribution in [0, 0.1) is 0 Å². The summed E-state index contributed by atoms with van der Waals surface area (Å²) in [4.78, 5) is 15.0. The molecule has 0 aliphatic heterocycles. The second kappa shape index (κ2) is 4.01. The summed E-state index contributed by atoms with van der Waals surface area (Å²) in [5.41, 5.74) is 6.35. The van der Waals surface area contributed by atoms with E-state index in [0.29, 0.717) is 11.5 Å². The van der Waals surface area contributed by atoms with Gasteiger partial charge in [0.25, 0.3) is 0 Å². The number of benzene rings is 1. The summed E-state index contributed by atoms with van der Waals surface area (Å²) >= 11 is 0. The lowest BCUT2D eigenvalue weighted by atomic mass is 10.2. The van der Waals surface area contributed by atoms with Crippen LogP contribution >= 0.6 is 0 Å². The Morgan fingerprint density at radius 1 is 1.50 bits per heavy atom. The van der Waals surface area contributed by atoms with Crippen LogP contribution in [0.5, 0.6) is 0 Å². The average molecular weight is 217 g/mol. The molecule has 0 bridgehead atoms. The third-order valence-corrected chi connectivity index (χ3v) is 2.00. The molecule has 2 rings (SSSR count). The first-order valence-electron chi connectivity index (χ1n) is 4.67. The number of nitrogens with one attached hydrogen (secondary N) is 1. The molecule has 2 aromatic rings. The van der Waals surface area contributed by atoms with E-state index in [1.165, 1.54) is 0 Å². The van der Waals surface area contributed by atoms with Crippen LogP contribution in [-0.2, 0) is 7.05 Å². The molecule has 0 spiro atoms. The second-order valence-electron chi connectivity index (χ2n) is 3.31. The highest BCUT2D eigenvalue weighted by Crippen LogP contribution is 2.13. The molecule has 1 aromatic heterocycles. The standard InChI is InChI=1S/C10H11N5O/c1-15-6-12-10(14-15)13-8-4-2-3-7(5-8)9(11)16/h2-6H,1H3,(H2,11,16)(H,13,14). The van der Waals surface area contributed by atoms with Crippen molar-refractivity contribution in [2.45, 2.75) is 0 Å². The molecule has 0 atom stereocenters. The smallest absolute Gasteiger partial charge is 0.248 e. The van der Waals surface area contributed by atoms with Gasteiger partial charge in [0.1, 0.15) is 6.33 Å². The van der Waals surface area contributed by atoms with Gasteiger partial charge in [0.2, 0.25) is 11.9 Å². The van der Waals surface area contributed by atoms with Crippen molar-refractivity contribution < 1.29 is 4.79 Å². The third-order valence-electron chi connectivity index (χ3n) is 2.00. The van der Waals surface area contributed by atoms with E-state index < -0.39 is 5.91 Å². The highest BCUT2D eigenvalue weighted by molar-refractivity contribution is 5.93. The minimum Gasteiger partial charge on any atom is -0.366 e. The van der Waals surface area contributed by atoms with Gasteiger partial charge < -0.3 is 11.1 Å². The molecule has 82 valence electrons. The molecule has 16 heavy (non-hydrogen) atoms. The van der Waals surface area contributed by atoms with Crippen LogP contribution in [0.4, 0.5) is 11.6 Å². The lowest BCUT2D eigenvalue weighted by Gasteiger charge is -2.02. The van der Waals surface area contributed by atoms with Gasteiger partial charge in [-0.25, -0.2) is 4.98 Å². The predicted octanol–water partition coefficient (Wildman–Crippen LogP) is 0.658. The fourth-order valence-electron chi connectivity index (χ4n) is 1.28. The molecule has 0 unspecified atom stereocenters. The quantitative estimate of drug-likeness (QED) is 0.790. The van der Waals surface area contributed by atoms with E-state index in [1.54, 1.807) is 36.3 Å². The number of anilines is 2. The van der Waals surface area contributed by atoms with Crippen LogP contribution in [0.2, 0.25) is 0 Å². The summed E-state index contributed by atoms with van der Waals surface area (Å²) in [7, 11) is 1.78. The summed E-state index contributed by atoms with van der Waals surface area (Å²) in [5.74, 6) is 0.0155. The van der Waals surface area contributed by atoms with Gasteiger partial charge in [0.05, 0.1) is 0 Å². The number of hydrogen-bond acceptors (Lipinski definition) is 4. The number of nitrogens with two attached hydrogens (primary N) is 1.